The lowest BCUT2D eigenvalue weighted by molar-refractivity contribution is -0.368. The second kappa shape index (κ2) is 18.6. The first-order chi connectivity index (χ1) is 19.7. The number of carbonyl (C=O) groups excluding carboxylic acids is 6. The highest BCUT2D eigenvalue weighted by Crippen LogP contribution is 2.12. The highest BCUT2D eigenvalue weighted by molar-refractivity contribution is 7.99. The number of nitrogens with two attached hydrogens (primary N) is 1. The summed E-state index contributed by atoms with van der Waals surface area (Å²) in [7, 11) is 0. The van der Waals surface area contributed by atoms with Gasteiger partial charge in [0.15, 0.2) is 0 Å². The quantitative estimate of drug-likeness (QED) is 0.104. The molecule has 42 heavy (non-hydrogen) atoms. The number of aliphatic hydroxyl groups is 2. The Balaban J connectivity index is 3.10. The third-order valence-electron chi connectivity index (χ3n) is 6.65. The molecule has 6 amide bonds. The maximum Gasteiger partial charge on any atom is 0.245 e. The molecule has 0 aromatic rings. The van der Waals surface area contributed by atoms with E-state index < -0.39 is 77.9 Å². The van der Waals surface area contributed by atoms with Crippen LogP contribution < -0.4 is 38.1 Å². The van der Waals surface area contributed by atoms with Crippen LogP contribution in [0.25, 0.3) is 0 Å². The number of aliphatic hydroxyl groups excluding tert-OH is 2. The van der Waals surface area contributed by atoms with Crippen molar-refractivity contribution in [1.29, 1.82) is 0 Å². The lowest BCUT2D eigenvalue weighted by Gasteiger charge is -2.29. The van der Waals surface area contributed by atoms with E-state index >= 15 is 0 Å². The fourth-order valence-electron chi connectivity index (χ4n) is 4.17. The lowest BCUT2D eigenvalue weighted by Crippen LogP contribution is -2.63. The van der Waals surface area contributed by atoms with Gasteiger partial charge in [0.2, 0.25) is 35.4 Å². The van der Waals surface area contributed by atoms with Gasteiger partial charge < -0.3 is 48.3 Å². The Hall–Kier alpha value is -2.95. The van der Waals surface area contributed by atoms with Crippen LogP contribution in [0.1, 0.15) is 59.8 Å². The third-order valence-corrected chi connectivity index (χ3v) is 7.80. The van der Waals surface area contributed by atoms with Gasteiger partial charge in [-0.2, -0.15) is 11.8 Å². The van der Waals surface area contributed by atoms with Crippen LogP contribution in [0.4, 0.5) is 0 Å². The Labute approximate surface area is 250 Å². The van der Waals surface area contributed by atoms with E-state index in [0.717, 1.165) is 12.8 Å². The zero-order valence-electron chi connectivity index (χ0n) is 24.8. The summed E-state index contributed by atoms with van der Waals surface area (Å²) >= 11 is 1.43. The first-order valence-electron chi connectivity index (χ1n) is 14.2. The summed E-state index contributed by atoms with van der Waals surface area (Å²) in [6, 6.07) is -6.08. The third kappa shape index (κ3) is 12.5. The summed E-state index contributed by atoms with van der Waals surface area (Å²) in [5.41, 5.74) is 8.99. The van der Waals surface area contributed by atoms with Gasteiger partial charge in [0.25, 0.3) is 0 Å². The SMILES string of the molecule is CC(C)[C@H](NC(=O)[C@@H](NC(=O)[C@@H]1CSCCCCCC(=O)N[C@@H](CC[NH3+])C(=O)N1)[C@@H](C)O)C(=O)N[C@H](C(N)=O)[C@@H](C)O. The van der Waals surface area contributed by atoms with Gasteiger partial charge in [0, 0.05) is 18.6 Å². The second-order valence-electron chi connectivity index (χ2n) is 10.8. The minimum absolute atomic E-state index is 0.182. The van der Waals surface area contributed by atoms with Crippen LogP contribution in [-0.4, -0.2) is 106 Å². The second-order valence-corrected chi connectivity index (χ2v) is 11.9. The summed E-state index contributed by atoms with van der Waals surface area (Å²) in [5, 5.41) is 32.8. The van der Waals surface area contributed by atoms with Gasteiger partial charge in [-0.05, 0) is 38.4 Å². The number of hydrogen-bond donors (Lipinski definition) is 9. The van der Waals surface area contributed by atoms with Crippen molar-refractivity contribution in [1.82, 2.24) is 26.6 Å². The van der Waals surface area contributed by atoms with E-state index in [4.69, 9.17) is 5.73 Å². The Morgan fingerprint density at radius 1 is 0.929 bits per heavy atom. The average Bonchev–Trinajstić information content (AvgIpc) is 2.91. The minimum atomic E-state index is -1.50. The Bertz CT molecular complexity index is 950. The molecule has 1 fully saturated rings. The van der Waals surface area contributed by atoms with Crippen molar-refractivity contribution in [3.05, 3.63) is 0 Å². The number of quaternary nitrogens is 1. The van der Waals surface area contributed by atoms with E-state index in [1.54, 1.807) is 13.8 Å². The maximum atomic E-state index is 13.3. The van der Waals surface area contributed by atoms with E-state index in [0.29, 0.717) is 18.7 Å². The molecule has 0 spiro atoms. The topological polar surface area (TPSA) is 257 Å². The van der Waals surface area contributed by atoms with Crippen molar-refractivity contribution in [2.24, 2.45) is 11.7 Å². The van der Waals surface area contributed by atoms with Crippen molar-refractivity contribution in [2.45, 2.75) is 102 Å². The van der Waals surface area contributed by atoms with Crippen molar-refractivity contribution < 1.29 is 44.7 Å². The molecule has 0 radical (unpaired) electrons. The molecule has 12 N–H and O–H groups in total. The van der Waals surface area contributed by atoms with Gasteiger partial charge in [-0.1, -0.05) is 20.3 Å². The number of thioether (sulfide) groups is 1. The molecule has 0 aromatic heterocycles. The smallest absolute Gasteiger partial charge is 0.245 e. The van der Waals surface area contributed by atoms with E-state index in [9.17, 15) is 39.0 Å². The first kappa shape index (κ1) is 37.1. The normalized spacial score (nSPS) is 22.4. The maximum absolute atomic E-state index is 13.3. The van der Waals surface area contributed by atoms with Gasteiger partial charge in [0.1, 0.15) is 30.2 Å². The standard InChI is InChI=1S/C26H47N7O8S/c1-13(2)19(25(40)32-20(14(3)34)22(28)37)31-26(41)21(15(4)35)33-24(39)17-12-42-11-7-5-6-8-18(36)29-16(9-10-27)23(38)30-17/h13-17,19-21,34-35H,5-12,27H2,1-4H3,(H2,28,37)(H,29,36)(H,30,38)(H,31,41)(H,32,40)(H,33,39)/p+1/t14-,15-,16+,17+,19+,20+,21+/m1/s1. The van der Waals surface area contributed by atoms with Crippen molar-refractivity contribution in [3.63, 3.8) is 0 Å². The molecule has 1 heterocycles. The van der Waals surface area contributed by atoms with Crippen LogP contribution in [0.5, 0.6) is 0 Å². The Morgan fingerprint density at radius 2 is 1.52 bits per heavy atom. The Morgan fingerprint density at radius 3 is 2.07 bits per heavy atom. The number of amides is 6. The predicted octanol–water partition coefficient (Wildman–Crippen LogP) is -3.75. The fraction of sp³-hybridized carbons (Fsp3) is 0.769. The summed E-state index contributed by atoms with van der Waals surface area (Å²) in [5.74, 6) is -3.83. The van der Waals surface area contributed by atoms with E-state index in [1.807, 2.05) is 0 Å². The molecule has 7 atom stereocenters. The number of hydrogen-bond acceptors (Lipinski definition) is 9. The molecule has 1 saturated heterocycles. The van der Waals surface area contributed by atoms with Crippen molar-refractivity contribution >= 4 is 47.2 Å². The van der Waals surface area contributed by atoms with Gasteiger partial charge >= 0.3 is 0 Å². The minimum Gasteiger partial charge on any atom is -0.391 e. The molecule has 1 aliphatic heterocycles. The van der Waals surface area contributed by atoms with Gasteiger partial charge in [-0.3, -0.25) is 28.8 Å². The van der Waals surface area contributed by atoms with Crippen LogP contribution in [0, 0.1) is 5.92 Å². The van der Waals surface area contributed by atoms with Crippen LogP contribution >= 0.6 is 11.8 Å². The summed E-state index contributed by atoms with van der Waals surface area (Å²) in [4.78, 5) is 76.4. The first-order valence-corrected chi connectivity index (χ1v) is 15.4. The highest BCUT2D eigenvalue weighted by Gasteiger charge is 2.35. The molecular weight excluding hydrogens is 570 g/mol. The number of nitrogens with one attached hydrogen (secondary N) is 5. The molecule has 15 nitrogen and oxygen atoms in total. The van der Waals surface area contributed by atoms with Crippen molar-refractivity contribution in [3.8, 4) is 0 Å². The molecular formula is C26H48N7O8S+. The zero-order chi connectivity index (χ0) is 32.0. The molecule has 1 aliphatic rings. The van der Waals surface area contributed by atoms with Crippen molar-refractivity contribution in [2.75, 3.05) is 18.1 Å². The molecule has 240 valence electrons. The van der Waals surface area contributed by atoms with Gasteiger partial charge in [-0.15, -0.1) is 0 Å². The number of carbonyl (C=O) groups is 6. The molecule has 0 aromatic carbocycles. The van der Waals surface area contributed by atoms with Crippen LogP contribution in [0.3, 0.4) is 0 Å². The number of rotatable bonds is 12. The Kier molecular flexibility index (Phi) is 16.4. The van der Waals surface area contributed by atoms with Gasteiger partial charge in [-0.25, -0.2) is 0 Å². The monoisotopic (exact) mass is 618 g/mol. The lowest BCUT2D eigenvalue weighted by atomic mass is 10.0. The molecule has 0 saturated carbocycles. The zero-order valence-corrected chi connectivity index (χ0v) is 25.6. The fourth-order valence-corrected chi connectivity index (χ4v) is 5.22. The van der Waals surface area contributed by atoms with Crippen LogP contribution in [0.15, 0.2) is 0 Å². The van der Waals surface area contributed by atoms with Crippen LogP contribution in [-0.2, 0) is 28.8 Å². The summed E-state index contributed by atoms with van der Waals surface area (Å²) < 4.78 is 0. The average molecular weight is 619 g/mol. The molecule has 0 unspecified atom stereocenters. The molecule has 1 rings (SSSR count). The summed E-state index contributed by atoms with van der Waals surface area (Å²) in [6.45, 7) is 6.18. The van der Waals surface area contributed by atoms with E-state index in [2.05, 4.69) is 32.3 Å². The molecule has 0 aliphatic carbocycles. The summed E-state index contributed by atoms with van der Waals surface area (Å²) in [6.07, 6.45) is 0.177. The molecule has 0 bridgehead atoms. The molecule has 16 heteroatoms. The number of primary amides is 1. The van der Waals surface area contributed by atoms with Crippen LogP contribution in [0.2, 0.25) is 0 Å². The predicted molar refractivity (Wildman–Crippen MR) is 155 cm³/mol. The van der Waals surface area contributed by atoms with Gasteiger partial charge in [0.05, 0.1) is 18.8 Å². The highest BCUT2D eigenvalue weighted by atomic mass is 32.2. The van der Waals surface area contributed by atoms with E-state index in [1.165, 1.54) is 25.6 Å². The van der Waals surface area contributed by atoms with E-state index in [-0.39, 0.29) is 24.5 Å². The largest absolute Gasteiger partial charge is 0.391 e.